The monoisotopic (exact) mass is 605 g/mol. The molecule has 0 saturated heterocycles. The van der Waals surface area contributed by atoms with Gasteiger partial charge in [-0.1, -0.05) is 42.5 Å². The fourth-order valence-corrected chi connectivity index (χ4v) is 6.89. The summed E-state index contributed by atoms with van der Waals surface area (Å²) in [6.07, 6.45) is 0.744. The van der Waals surface area contributed by atoms with Crippen molar-refractivity contribution in [2.24, 2.45) is 5.92 Å². The van der Waals surface area contributed by atoms with Crippen LogP contribution in [0, 0.1) is 5.92 Å². The minimum atomic E-state index is -1.58. The molecule has 10 heteroatoms. The number of Topliss-reactive ketones (excluding diaryl/α,β-unsaturated/α-hetero) is 1. The summed E-state index contributed by atoms with van der Waals surface area (Å²) in [5, 5.41) is 3.61. The molecule has 0 bridgehead atoms. The van der Waals surface area contributed by atoms with Gasteiger partial charge in [0.1, 0.15) is 28.9 Å². The number of hydrogen-bond donors (Lipinski definition) is 1. The predicted octanol–water partition coefficient (Wildman–Crippen LogP) is 4.34. The van der Waals surface area contributed by atoms with Crippen LogP contribution in [0.3, 0.4) is 0 Å². The molecule has 5 rings (SSSR count). The van der Waals surface area contributed by atoms with Gasteiger partial charge >= 0.3 is 5.97 Å². The molecule has 234 valence electrons. The van der Waals surface area contributed by atoms with Crippen molar-refractivity contribution in [2.45, 2.75) is 36.2 Å². The average molecular weight is 606 g/mol. The number of ketones is 1. The Morgan fingerprint density at radius 2 is 1.57 bits per heavy atom. The zero-order chi connectivity index (χ0) is 31.5. The molecule has 2 aliphatic rings. The lowest BCUT2D eigenvalue weighted by molar-refractivity contribution is -0.149. The highest BCUT2D eigenvalue weighted by atomic mass is 16.7. The number of fused-ring (bicyclic) bond motifs is 3. The van der Waals surface area contributed by atoms with E-state index in [1.54, 1.807) is 40.6 Å². The van der Waals surface area contributed by atoms with Crippen LogP contribution in [0.5, 0.6) is 23.0 Å². The van der Waals surface area contributed by atoms with Gasteiger partial charge in [-0.3, -0.25) is 14.9 Å². The van der Waals surface area contributed by atoms with E-state index in [1.165, 1.54) is 14.2 Å². The minimum absolute atomic E-state index is 0.361. The van der Waals surface area contributed by atoms with E-state index in [0.29, 0.717) is 53.5 Å². The third-order valence-corrected chi connectivity index (χ3v) is 8.79. The maximum absolute atomic E-state index is 15.2. The second kappa shape index (κ2) is 12.9. The molecule has 10 nitrogen and oxygen atoms in total. The molecule has 1 fully saturated rings. The molecule has 1 N–H and O–H groups in total. The van der Waals surface area contributed by atoms with Gasteiger partial charge in [-0.25, -0.2) is 0 Å². The lowest BCUT2D eigenvalue weighted by atomic mass is 9.68. The van der Waals surface area contributed by atoms with Crippen molar-refractivity contribution in [3.05, 3.63) is 83.4 Å². The quantitative estimate of drug-likeness (QED) is 0.131. The van der Waals surface area contributed by atoms with Crippen LogP contribution in [0.1, 0.15) is 35.4 Å². The first-order valence-corrected chi connectivity index (χ1v) is 14.4. The van der Waals surface area contributed by atoms with Crippen molar-refractivity contribution in [3.8, 4) is 23.0 Å². The molecule has 0 radical (unpaired) electrons. The number of carbonyl (C=O) groups excluding carboxylic acids is 2. The molecule has 1 saturated carbocycles. The van der Waals surface area contributed by atoms with Crippen molar-refractivity contribution in [2.75, 3.05) is 49.2 Å². The Kier molecular flexibility index (Phi) is 9.15. The van der Waals surface area contributed by atoms with Crippen LogP contribution in [-0.2, 0) is 34.9 Å². The fraction of sp³-hybridized carbons (Fsp3) is 0.412. The summed E-state index contributed by atoms with van der Waals surface area (Å²) < 4.78 is 40.2. The first-order chi connectivity index (χ1) is 21.4. The van der Waals surface area contributed by atoms with E-state index in [2.05, 4.69) is 5.32 Å². The predicted molar refractivity (Wildman–Crippen MR) is 161 cm³/mol. The highest BCUT2D eigenvalue weighted by Crippen LogP contribution is 2.69. The standard InChI is InChI=1S/C34H39NO9/c1-38-23-16-14-22(15-17-23)34-29(21-11-8-7-9-12-21)28(32(37)43-6)31(36)33(34,35-18-10-13-27(41-4)42-5)30-25(40-3)19-24(39-2)20-26(30)44-34/h7-9,11-12,14-17,19-20,27-29,35H,10,13,18H2,1-6H3/t28-,29-,33+,34+/m1/s1. The Bertz CT molecular complexity index is 1470. The third-order valence-electron chi connectivity index (χ3n) is 8.79. The molecule has 44 heavy (non-hydrogen) atoms. The molecule has 0 aromatic heterocycles. The molecule has 4 atom stereocenters. The zero-order valence-corrected chi connectivity index (χ0v) is 25.9. The second-order valence-electron chi connectivity index (χ2n) is 10.7. The van der Waals surface area contributed by atoms with E-state index in [0.717, 1.165) is 5.56 Å². The van der Waals surface area contributed by atoms with Crippen LogP contribution in [-0.4, -0.2) is 67.2 Å². The van der Waals surface area contributed by atoms with Crippen LogP contribution in [0.25, 0.3) is 0 Å². The SMILES string of the molecule is COC(=O)[C@H]1C(=O)[C@@]2(NCCCC(OC)OC)c3c(OC)cc(OC)cc3O[C@@]2(c2ccc(OC)cc2)[C@@H]1c1ccccc1. The number of methoxy groups -OCH3 is 6. The third kappa shape index (κ3) is 4.77. The van der Waals surface area contributed by atoms with Crippen molar-refractivity contribution < 1.29 is 42.7 Å². The molecule has 0 unspecified atom stereocenters. The largest absolute Gasteiger partial charge is 0.497 e. The van der Waals surface area contributed by atoms with Gasteiger partial charge in [0.05, 0.1) is 39.9 Å². The number of esters is 1. The fourth-order valence-electron chi connectivity index (χ4n) is 6.89. The van der Waals surface area contributed by atoms with Crippen molar-refractivity contribution >= 4 is 11.8 Å². The van der Waals surface area contributed by atoms with Gasteiger partial charge in [0.15, 0.2) is 23.2 Å². The molecule has 1 aliphatic carbocycles. The average Bonchev–Trinajstić information content (AvgIpc) is 3.48. The number of carbonyl (C=O) groups is 2. The first-order valence-electron chi connectivity index (χ1n) is 14.4. The molecule has 1 heterocycles. The van der Waals surface area contributed by atoms with Crippen LogP contribution >= 0.6 is 0 Å². The Morgan fingerprint density at radius 3 is 2.16 bits per heavy atom. The Morgan fingerprint density at radius 1 is 0.886 bits per heavy atom. The van der Waals surface area contributed by atoms with E-state index < -0.39 is 35.2 Å². The first kappa shape index (κ1) is 31.3. The van der Waals surface area contributed by atoms with Gasteiger partial charge in [-0.05, 0) is 42.6 Å². The van der Waals surface area contributed by atoms with E-state index in [-0.39, 0.29) is 5.78 Å². The summed E-state index contributed by atoms with van der Waals surface area (Å²) in [5.74, 6) is -1.10. The highest BCUT2D eigenvalue weighted by molar-refractivity contribution is 6.10. The highest BCUT2D eigenvalue weighted by Gasteiger charge is 2.78. The van der Waals surface area contributed by atoms with Crippen LogP contribution in [0.15, 0.2) is 66.7 Å². The van der Waals surface area contributed by atoms with E-state index in [9.17, 15) is 4.79 Å². The summed E-state index contributed by atoms with van der Waals surface area (Å²) in [6, 6.07) is 20.3. The van der Waals surface area contributed by atoms with Crippen molar-refractivity contribution in [3.63, 3.8) is 0 Å². The van der Waals surface area contributed by atoms with Gasteiger partial charge in [0.25, 0.3) is 0 Å². The smallest absolute Gasteiger partial charge is 0.317 e. The van der Waals surface area contributed by atoms with Crippen molar-refractivity contribution in [1.29, 1.82) is 0 Å². The lowest BCUT2D eigenvalue weighted by Gasteiger charge is -2.43. The van der Waals surface area contributed by atoms with Gasteiger partial charge in [-0.15, -0.1) is 0 Å². The molecule has 0 amide bonds. The van der Waals surface area contributed by atoms with Gasteiger partial charge in [0.2, 0.25) is 0 Å². The van der Waals surface area contributed by atoms with E-state index in [4.69, 9.17) is 33.2 Å². The summed E-state index contributed by atoms with van der Waals surface area (Å²) in [4.78, 5) is 28.9. The summed E-state index contributed by atoms with van der Waals surface area (Å²) >= 11 is 0. The molecule has 1 aliphatic heterocycles. The Balaban J connectivity index is 1.83. The maximum Gasteiger partial charge on any atom is 0.317 e. The number of benzene rings is 3. The Labute approximate surface area is 257 Å². The molecular formula is C34H39NO9. The molecule has 0 spiro atoms. The van der Waals surface area contributed by atoms with Crippen LogP contribution < -0.4 is 24.3 Å². The number of hydrogen-bond acceptors (Lipinski definition) is 10. The molecule has 3 aromatic carbocycles. The van der Waals surface area contributed by atoms with Crippen molar-refractivity contribution in [1.82, 2.24) is 5.32 Å². The number of ether oxygens (including phenoxy) is 7. The summed E-state index contributed by atoms with van der Waals surface area (Å²) in [5.41, 5.74) is -1.13. The zero-order valence-electron chi connectivity index (χ0n) is 25.9. The number of nitrogens with one attached hydrogen (secondary N) is 1. The minimum Gasteiger partial charge on any atom is -0.497 e. The van der Waals surface area contributed by atoms with Crippen LogP contribution in [0.4, 0.5) is 0 Å². The van der Waals surface area contributed by atoms with Gasteiger partial charge < -0.3 is 33.2 Å². The lowest BCUT2D eigenvalue weighted by Crippen LogP contribution is -2.59. The summed E-state index contributed by atoms with van der Waals surface area (Å²) in [6.45, 7) is 0.361. The van der Waals surface area contributed by atoms with Gasteiger partial charge in [0, 0.05) is 26.4 Å². The summed E-state index contributed by atoms with van der Waals surface area (Å²) in [7, 11) is 9.13. The normalized spacial score (nSPS) is 23.6. The molecule has 3 aromatic rings. The van der Waals surface area contributed by atoms with Crippen LogP contribution in [0.2, 0.25) is 0 Å². The van der Waals surface area contributed by atoms with E-state index >= 15 is 4.79 Å². The number of rotatable bonds is 13. The van der Waals surface area contributed by atoms with Gasteiger partial charge in [-0.2, -0.15) is 0 Å². The topological polar surface area (TPSA) is 111 Å². The molecular weight excluding hydrogens is 566 g/mol. The second-order valence-corrected chi connectivity index (χ2v) is 10.7. The maximum atomic E-state index is 15.2. The Hall–Kier alpha value is -4.12. The van der Waals surface area contributed by atoms with E-state index in [1.807, 2.05) is 54.6 Å².